The quantitative estimate of drug-likeness (QED) is 0.868. The molecule has 90 valence electrons. The van der Waals surface area contributed by atoms with Gasteiger partial charge in [0.25, 0.3) is 0 Å². The minimum Gasteiger partial charge on any atom is -0.330 e. The lowest BCUT2D eigenvalue weighted by atomic mass is 9.79. The average molecular weight is 248 g/mol. The number of hydrogen-bond donors (Lipinski definition) is 1. The first-order chi connectivity index (χ1) is 8.06. The van der Waals surface area contributed by atoms with Gasteiger partial charge in [0.2, 0.25) is 0 Å². The van der Waals surface area contributed by atoms with E-state index in [1.165, 1.54) is 10.9 Å². The Balaban J connectivity index is 2.67. The molecule has 0 atom stereocenters. The van der Waals surface area contributed by atoms with Crippen LogP contribution < -0.4 is 5.73 Å². The molecule has 0 spiro atoms. The van der Waals surface area contributed by atoms with E-state index in [4.69, 9.17) is 17.3 Å². The molecule has 17 heavy (non-hydrogen) atoms. The Labute approximate surface area is 108 Å². The fraction of sp³-hybridized carbons (Fsp3) is 0.333. The van der Waals surface area contributed by atoms with Gasteiger partial charge in [0.1, 0.15) is 0 Å². The molecule has 0 aliphatic carbocycles. The number of nitrogens with two attached hydrogens (primary N) is 1. The molecular formula is C15H18ClN. The Hall–Kier alpha value is -1.05. The van der Waals surface area contributed by atoms with Crippen LogP contribution in [-0.2, 0) is 5.41 Å². The number of hydrogen-bond acceptors (Lipinski definition) is 1. The number of halogens is 1. The predicted molar refractivity (Wildman–Crippen MR) is 75.7 cm³/mol. The molecule has 0 radical (unpaired) electrons. The SMILES string of the molecule is CC(C)(CCN)c1ccc(Cl)c2ccccc12. The third-order valence-corrected chi connectivity index (χ3v) is 3.70. The van der Waals surface area contributed by atoms with Gasteiger partial charge in [0.15, 0.2) is 0 Å². The van der Waals surface area contributed by atoms with E-state index in [1.807, 2.05) is 12.1 Å². The molecule has 0 fully saturated rings. The van der Waals surface area contributed by atoms with Crippen LogP contribution in [0, 0.1) is 0 Å². The van der Waals surface area contributed by atoms with Crippen molar-refractivity contribution in [1.82, 2.24) is 0 Å². The molecule has 0 heterocycles. The maximum absolute atomic E-state index is 6.23. The highest BCUT2D eigenvalue weighted by atomic mass is 35.5. The lowest BCUT2D eigenvalue weighted by Gasteiger charge is -2.26. The standard InChI is InChI=1S/C15H18ClN/c1-15(2,9-10-17)13-7-8-14(16)12-6-4-3-5-11(12)13/h3-8H,9-10,17H2,1-2H3. The summed E-state index contributed by atoms with van der Waals surface area (Å²) in [6.45, 7) is 5.16. The molecule has 0 aromatic heterocycles. The lowest BCUT2D eigenvalue weighted by molar-refractivity contribution is 0.492. The summed E-state index contributed by atoms with van der Waals surface area (Å²) in [5.41, 5.74) is 7.10. The summed E-state index contributed by atoms with van der Waals surface area (Å²) in [4.78, 5) is 0. The Morgan fingerprint density at radius 1 is 1.06 bits per heavy atom. The zero-order chi connectivity index (χ0) is 12.5. The Morgan fingerprint density at radius 2 is 1.71 bits per heavy atom. The van der Waals surface area contributed by atoms with Gasteiger partial charge in [-0.2, -0.15) is 0 Å². The van der Waals surface area contributed by atoms with Crippen LogP contribution >= 0.6 is 11.6 Å². The van der Waals surface area contributed by atoms with Gasteiger partial charge in [0, 0.05) is 10.4 Å². The van der Waals surface area contributed by atoms with Gasteiger partial charge in [-0.05, 0) is 35.4 Å². The van der Waals surface area contributed by atoms with Crippen molar-refractivity contribution in [2.75, 3.05) is 6.54 Å². The second kappa shape index (κ2) is 4.67. The van der Waals surface area contributed by atoms with Crippen LogP contribution in [0.2, 0.25) is 5.02 Å². The van der Waals surface area contributed by atoms with E-state index in [9.17, 15) is 0 Å². The van der Waals surface area contributed by atoms with Gasteiger partial charge >= 0.3 is 0 Å². The molecule has 0 saturated heterocycles. The van der Waals surface area contributed by atoms with Crippen LogP contribution in [0.4, 0.5) is 0 Å². The van der Waals surface area contributed by atoms with Crippen molar-refractivity contribution >= 4 is 22.4 Å². The van der Waals surface area contributed by atoms with Crippen LogP contribution in [0.15, 0.2) is 36.4 Å². The maximum Gasteiger partial charge on any atom is 0.0484 e. The largest absolute Gasteiger partial charge is 0.330 e. The fourth-order valence-corrected chi connectivity index (χ4v) is 2.58. The van der Waals surface area contributed by atoms with E-state index in [0.29, 0.717) is 6.54 Å². The van der Waals surface area contributed by atoms with E-state index < -0.39 is 0 Å². The minimum atomic E-state index is 0.0823. The normalized spacial score (nSPS) is 12.0. The zero-order valence-electron chi connectivity index (χ0n) is 10.3. The van der Waals surface area contributed by atoms with Crippen molar-refractivity contribution in [3.8, 4) is 0 Å². The molecule has 0 saturated carbocycles. The van der Waals surface area contributed by atoms with Crippen LogP contribution in [0.5, 0.6) is 0 Å². The van der Waals surface area contributed by atoms with E-state index in [1.54, 1.807) is 0 Å². The first-order valence-corrected chi connectivity index (χ1v) is 6.32. The third-order valence-electron chi connectivity index (χ3n) is 3.37. The third kappa shape index (κ3) is 2.31. The molecule has 0 unspecified atom stereocenters. The second-order valence-corrected chi connectivity index (χ2v) is 5.47. The molecular weight excluding hydrogens is 230 g/mol. The molecule has 1 nitrogen and oxygen atoms in total. The Bertz CT molecular complexity index is 531. The summed E-state index contributed by atoms with van der Waals surface area (Å²) < 4.78 is 0. The van der Waals surface area contributed by atoms with Gasteiger partial charge in [-0.3, -0.25) is 0 Å². The molecule has 0 aliphatic rings. The topological polar surface area (TPSA) is 26.0 Å². The minimum absolute atomic E-state index is 0.0823. The highest BCUT2D eigenvalue weighted by Crippen LogP contribution is 2.35. The van der Waals surface area contributed by atoms with E-state index in [0.717, 1.165) is 16.8 Å². The zero-order valence-corrected chi connectivity index (χ0v) is 11.1. The van der Waals surface area contributed by atoms with Crippen LogP contribution in [-0.4, -0.2) is 6.54 Å². The number of rotatable bonds is 3. The number of fused-ring (bicyclic) bond motifs is 1. The predicted octanol–water partition coefficient (Wildman–Crippen LogP) is 4.12. The van der Waals surface area contributed by atoms with Crippen molar-refractivity contribution in [2.45, 2.75) is 25.7 Å². The van der Waals surface area contributed by atoms with Crippen molar-refractivity contribution in [1.29, 1.82) is 0 Å². The Kier molecular flexibility index (Phi) is 3.41. The van der Waals surface area contributed by atoms with E-state index >= 15 is 0 Å². The van der Waals surface area contributed by atoms with Gasteiger partial charge < -0.3 is 5.73 Å². The van der Waals surface area contributed by atoms with Crippen molar-refractivity contribution in [2.24, 2.45) is 5.73 Å². The highest BCUT2D eigenvalue weighted by molar-refractivity contribution is 6.35. The molecule has 2 aromatic carbocycles. The summed E-state index contributed by atoms with van der Waals surface area (Å²) >= 11 is 6.23. The molecule has 0 amide bonds. The van der Waals surface area contributed by atoms with Crippen molar-refractivity contribution < 1.29 is 0 Å². The summed E-state index contributed by atoms with van der Waals surface area (Å²) in [6.07, 6.45) is 0.971. The van der Waals surface area contributed by atoms with E-state index in [-0.39, 0.29) is 5.41 Å². The van der Waals surface area contributed by atoms with Gasteiger partial charge in [-0.15, -0.1) is 0 Å². The monoisotopic (exact) mass is 247 g/mol. The van der Waals surface area contributed by atoms with Crippen LogP contribution in [0.3, 0.4) is 0 Å². The smallest absolute Gasteiger partial charge is 0.0484 e. The molecule has 0 aliphatic heterocycles. The van der Waals surface area contributed by atoms with Crippen LogP contribution in [0.25, 0.3) is 10.8 Å². The molecule has 2 heteroatoms. The second-order valence-electron chi connectivity index (χ2n) is 5.06. The summed E-state index contributed by atoms with van der Waals surface area (Å²) in [6, 6.07) is 12.4. The summed E-state index contributed by atoms with van der Waals surface area (Å²) in [5.74, 6) is 0. The summed E-state index contributed by atoms with van der Waals surface area (Å²) in [5, 5.41) is 3.17. The maximum atomic E-state index is 6.23. The highest BCUT2D eigenvalue weighted by Gasteiger charge is 2.22. The van der Waals surface area contributed by atoms with Crippen molar-refractivity contribution in [3.05, 3.63) is 47.0 Å². The van der Waals surface area contributed by atoms with Crippen LogP contribution in [0.1, 0.15) is 25.8 Å². The molecule has 0 bridgehead atoms. The number of benzene rings is 2. The van der Waals surface area contributed by atoms with Gasteiger partial charge in [-0.25, -0.2) is 0 Å². The van der Waals surface area contributed by atoms with Gasteiger partial charge in [-0.1, -0.05) is 55.8 Å². The first kappa shape index (κ1) is 12.4. The van der Waals surface area contributed by atoms with Gasteiger partial charge in [0.05, 0.1) is 0 Å². The lowest BCUT2D eigenvalue weighted by Crippen LogP contribution is -2.22. The summed E-state index contributed by atoms with van der Waals surface area (Å²) in [7, 11) is 0. The average Bonchev–Trinajstić information content (AvgIpc) is 2.29. The molecule has 2 aromatic rings. The molecule has 2 rings (SSSR count). The molecule has 2 N–H and O–H groups in total. The first-order valence-electron chi connectivity index (χ1n) is 5.94. The van der Waals surface area contributed by atoms with Crippen molar-refractivity contribution in [3.63, 3.8) is 0 Å². The Morgan fingerprint density at radius 3 is 2.35 bits per heavy atom. The van der Waals surface area contributed by atoms with E-state index in [2.05, 4.69) is 38.1 Å². The fourth-order valence-electron chi connectivity index (χ4n) is 2.35.